The van der Waals surface area contributed by atoms with E-state index in [9.17, 15) is 4.79 Å². The Labute approximate surface area is 194 Å². The van der Waals surface area contributed by atoms with E-state index in [4.69, 9.17) is 22.9 Å². The molecule has 0 radical (unpaired) electrons. The van der Waals surface area contributed by atoms with E-state index in [-0.39, 0.29) is 0 Å². The molecular weight excluding hydrogens is 426 g/mol. The van der Waals surface area contributed by atoms with Crippen molar-refractivity contribution in [1.82, 2.24) is 5.48 Å². The third kappa shape index (κ3) is 12.4. The molecule has 0 fully saturated rings. The van der Waals surface area contributed by atoms with Crippen molar-refractivity contribution in [2.24, 2.45) is 0 Å². The first-order valence-corrected chi connectivity index (χ1v) is 13.8. The maximum absolute atomic E-state index is 11.9. The zero-order valence-corrected chi connectivity index (χ0v) is 21.2. The summed E-state index contributed by atoms with van der Waals surface area (Å²) >= 11 is 0. The van der Waals surface area contributed by atoms with E-state index in [0.717, 1.165) is 24.3 Å². The lowest BCUT2D eigenvalue weighted by Gasteiger charge is -2.28. The molecule has 0 aliphatic rings. The van der Waals surface area contributed by atoms with Gasteiger partial charge in [-0.3, -0.25) is 0 Å². The summed E-state index contributed by atoms with van der Waals surface area (Å²) in [4.78, 5) is 17.0. The molecule has 0 heterocycles. The van der Waals surface area contributed by atoms with Gasteiger partial charge >= 0.3 is 14.8 Å². The first kappa shape index (κ1) is 28.3. The quantitative estimate of drug-likeness (QED) is 0.131. The van der Waals surface area contributed by atoms with Crippen LogP contribution in [0.25, 0.3) is 6.08 Å². The number of hydrogen-bond acceptors (Lipinski definition) is 7. The van der Waals surface area contributed by atoms with Crippen molar-refractivity contribution in [2.45, 2.75) is 65.8 Å². The second-order valence-electron chi connectivity index (χ2n) is 7.21. The molecule has 182 valence electrons. The molecular formula is C24H41NO6Si. The van der Waals surface area contributed by atoms with Crippen molar-refractivity contribution in [3.63, 3.8) is 0 Å². The predicted octanol–water partition coefficient (Wildman–Crippen LogP) is 5.15. The highest BCUT2D eigenvalue weighted by atomic mass is 28.4. The zero-order valence-electron chi connectivity index (χ0n) is 20.2. The topological polar surface area (TPSA) is 75.3 Å². The summed E-state index contributed by atoms with van der Waals surface area (Å²) < 4.78 is 23.2. The van der Waals surface area contributed by atoms with E-state index in [0.29, 0.717) is 38.8 Å². The van der Waals surface area contributed by atoms with Gasteiger partial charge in [-0.2, -0.15) is 5.48 Å². The summed E-state index contributed by atoms with van der Waals surface area (Å²) in [6.07, 6.45) is 8.55. The Morgan fingerprint density at radius 3 is 2.16 bits per heavy atom. The van der Waals surface area contributed by atoms with Crippen LogP contribution in [0.5, 0.6) is 5.75 Å². The molecule has 0 aromatic heterocycles. The predicted molar refractivity (Wildman–Crippen MR) is 129 cm³/mol. The number of ether oxygens (including phenoxy) is 1. The molecule has 1 N–H and O–H groups in total. The van der Waals surface area contributed by atoms with Crippen molar-refractivity contribution < 1.29 is 27.6 Å². The minimum Gasteiger partial charge on any atom is -0.494 e. The third-order valence-corrected chi connectivity index (χ3v) is 7.74. The fraction of sp³-hybridized carbons (Fsp3) is 0.625. The monoisotopic (exact) mass is 467 g/mol. The maximum atomic E-state index is 11.9. The van der Waals surface area contributed by atoms with Crippen LogP contribution in [-0.2, 0) is 22.9 Å². The van der Waals surface area contributed by atoms with Gasteiger partial charge in [0, 0.05) is 38.5 Å². The van der Waals surface area contributed by atoms with Crippen LogP contribution in [0.1, 0.15) is 65.4 Å². The molecule has 8 heteroatoms. The summed E-state index contributed by atoms with van der Waals surface area (Å²) in [7, 11) is -2.66. The molecule has 1 aromatic carbocycles. The van der Waals surface area contributed by atoms with E-state index in [1.165, 1.54) is 25.3 Å². The van der Waals surface area contributed by atoms with E-state index in [1.54, 1.807) is 6.08 Å². The Morgan fingerprint density at radius 1 is 0.906 bits per heavy atom. The van der Waals surface area contributed by atoms with Gasteiger partial charge in [-0.05, 0) is 57.4 Å². The van der Waals surface area contributed by atoms with Crippen LogP contribution in [-0.4, -0.2) is 47.7 Å². The second-order valence-corrected chi connectivity index (χ2v) is 9.94. The van der Waals surface area contributed by atoms with Crippen molar-refractivity contribution >= 4 is 20.8 Å². The smallest absolute Gasteiger partial charge is 0.494 e. The lowest BCUT2D eigenvalue weighted by atomic mass is 10.2. The molecule has 7 nitrogen and oxygen atoms in total. The van der Waals surface area contributed by atoms with Gasteiger partial charge in [0.2, 0.25) is 0 Å². The molecule has 0 amide bonds. The Morgan fingerprint density at radius 2 is 1.56 bits per heavy atom. The number of rotatable bonds is 19. The minimum absolute atomic E-state index is 0.454. The number of unbranched alkanes of at least 4 members (excludes halogenated alkanes) is 3. The average molecular weight is 468 g/mol. The molecule has 0 saturated heterocycles. The SMILES string of the molecule is CCCCCCOc1ccc(/C=C/C(=O)ONCCC[Si](OCC)(OCC)OCC)cc1. The summed E-state index contributed by atoms with van der Waals surface area (Å²) in [6.45, 7) is 10.9. The minimum atomic E-state index is -2.66. The van der Waals surface area contributed by atoms with Crippen LogP contribution in [0, 0.1) is 0 Å². The fourth-order valence-corrected chi connectivity index (χ4v) is 5.71. The molecule has 1 aromatic rings. The molecule has 1 rings (SSSR count). The number of carbonyl (C=O) groups excluding carboxylic acids is 1. The van der Waals surface area contributed by atoms with Crippen LogP contribution in [0.3, 0.4) is 0 Å². The Balaban J connectivity index is 2.30. The Kier molecular flexibility index (Phi) is 15.8. The highest BCUT2D eigenvalue weighted by molar-refractivity contribution is 6.60. The number of hydroxylamine groups is 1. The van der Waals surface area contributed by atoms with E-state index in [1.807, 2.05) is 45.0 Å². The molecule has 0 atom stereocenters. The normalized spacial score (nSPS) is 11.8. The van der Waals surface area contributed by atoms with Gasteiger partial charge in [0.05, 0.1) is 6.61 Å². The summed E-state index contributed by atoms with van der Waals surface area (Å²) in [5.74, 6) is 0.387. The summed E-state index contributed by atoms with van der Waals surface area (Å²) in [5, 5.41) is 0. The van der Waals surface area contributed by atoms with Gasteiger partial charge in [-0.1, -0.05) is 38.3 Å². The first-order chi connectivity index (χ1) is 15.6. The Hall–Kier alpha value is -1.71. The van der Waals surface area contributed by atoms with Crippen LogP contribution in [0.15, 0.2) is 30.3 Å². The van der Waals surface area contributed by atoms with E-state index < -0.39 is 14.8 Å². The van der Waals surface area contributed by atoms with Crippen molar-refractivity contribution in [2.75, 3.05) is 33.0 Å². The standard InChI is InChI=1S/C24H41NO6Si/c1-5-9-10-11-20-27-23-16-13-22(14-17-23)15-18-24(26)31-25-19-12-21-32(28-6-2,29-7-3)30-8-4/h13-18,25H,5-12,19-21H2,1-4H3/b18-15+. The maximum Gasteiger partial charge on any atom is 0.500 e. The van der Waals surface area contributed by atoms with Crippen LogP contribution >= 0.6 is 0 Å². The number of hydrogen-bond donors (Lipinski definition) is 1. The molecule has 0 unspecified atom stereocenters. The largest absolute Gasteiger partial charge is 0.500 e. The highest BCUT2D eigenvalue weighted by Crippen LogP contribution is 2.18. The number of benzene rings is 1. The van der Waals surface area contributed by atoms with Gasteiger partial charge in [-0.25, -0.2) is 4.79 Å². The van der Waals surface area contributed by atoms with Crippen LogP contribution in [0.4, 0.5) is 0 Å². The van der Waals surface area contributed by atoms with Gasteiger partial charge in [0.25, 0.3) is 0 Å². The molecule has 0 aliphatic carbocycles. The van der Waals surface area contributed by atoms with Gasteiger partial charge in [0.1, 0.15) is 5.75 Å². The summed E-state index contributed by atoms with van der Waals surface area (Å²) in [5.41, 5.74) is 3.61. The lowest BCUT2D eigenvalue weighted by Crippen LogP contribution is -2.46. The highest BCUT2D eigenvalue weighted by Gasteiger charge is 2.39. The molecule has 0 bridgehead atoms. The van der Waals surface area contributed by atoms with Crippen LogP contribution < -0.4 is 10.2 Å². The van der Waals surface area contributed by atoms with Gasteiger partial charge in [0.15, 0.2) is 0 Å². The number of nitrogens with one attached hydrogen (secondary N) is 1. The van der Waals surface area contributed by atoms with Crippen molar-refractivity contribution in [1.29, 1.82) is 0 Å². The molecule has 32 heavy (non-hydrogen) atoms. The van der Waals surface area contributed by atoms with Crippen molar-refractivity contribution in [3.05, 3.63) is 35.9 Å². The average Bonchev–Trinajstić information content (AvgIpc) is 2.78. The van der Waals surface area contributed by atoms with Gasteiger partial charge < -0.3 is 22.9 Å². The first-order valence-electron chi connectivity index (χ1n) is 11.9. The van der Waals surface area contributed by atoms with Crippen molar-refractivity contribution in [3.8, 4) is 5.75 Å². The number of carbonyl (C=O) groups is 1. The molecule has 0 spiro atoms. The molecule has 0 saturated carbocycles. The lowest BCUT2D eigenvalue weighted by molar-refractivity contribution is -0.144. The Bertz CT molecular complexity index is 621. The third-order valence-electron chi connectivity index (χ3n) is 4.59. The zero-order chi connectivity index (χ0) is 23.5. The van der Waals surface area contributed by atoms with E-state index >= 15 is 0 Å². The van der Waals surface area contributed by atoms with Crippen LogP contribution in [0.2, 0.25) is 6.04 Å². The molecule has 0 aliphatic heterocycles. The van der Waals surface area contributed by atoms with E-state index in [2.05, 4.69) is 12.4 Å². The second kappa shape index (κ2) is 17.8. The van der Waals surface area contributed by atoms with Gasteiger partial charge in [-0.15, -0.1) is 0 Å². The fourth-order valence-electron chi connectivity index (χ4n) is 3.09. The summed E-state index contributed by atoms with van der Waals surface area (Å²) in [6, 6.07) is 8.31.